The zero-order valence-corrected chi connectivity index (χ0v) is 18.7. The van der Waals surface area contributed by atoms with Gasteiger partial charge in [-0.2, -0.15) is 13.2 Å². The topological polar surface area (TPSA) is 87.4 Å². The third kappa shape index (κ3) is 5.67. The van der Waals surface area contributed by atoms with Crippen molar-refractivity contribution in [2.24, 2.45) is 5.73 Å². The third-order valence-corrected chi connectivity index (χ3v) is 6.58. The van der Waals surface area contributed by atoms with Crippen LogP contribution in [0.2, 0.25) is 0 Å². The average Bonchev–Trinajstić information content (AvgIpc) is 3.18. The molecule has 0 radical (unpaired) electrons. The fourth-order valence-corrected chi connectivity index (χ4v) is 4.70. The number of alkyl halides is 3. The van der Waals surface area contributed by atoms with Gasteiger partial charge in [-0.3, -0.25) is 4.90 Å². The van der Waals surface area contributed by atoms with Crippen LogP contribution in [0.25, 0.3) is 21.0 Å². The van der Waals surface area contributed by atoms with Crippen LogP contribution in [0.3, 0.4) is 0 Å². The number of rotatable bonds is 5. The monoisotopic (exact) mass is 476 g/mol. The maximum absolute atomic E-state index is 13.1. The highest BCUT2D eigenvalue weighted by atomic mass is 32.1. The first-order valence-electron chi connectivity index (χ1n) is 10.3. The summed E-state index contributed by atoms with van der Waals surface area (Å²) in [6.07, 6.45) is -3.63. The van der Waals surface area contributed by atoms with E-state index >= 15 is 0 Å². The lowest BCUT2D eigenvalue weighted by atomic mass is 10.1. The number of anilines is 1. The predicted octanol–water partition coefficient (Wildman–Crippen LogP) is 4.13. The lowest BCUT2D eigenvalue weighted by molar-refractivity contribution is -0.144. The van der Waals surface area contributed by atoms with Crippen molar-refractivity contribution in [3.8, 4) is 21.0 Å². The number of nitrogens with zero attached hydrogens (tertiary/aromatic N) is 4. The van der Waals surface area contributed by atoms with Gasteiger partial charge in [0.25, 0.3) is 0 Å². The second kappa shape index (κ2) is 9.46. The Labute approximate surface area is 193 Å². The number of nitrogens with one attached hydrogen (secondary N) is 1. The van der Waals surface area contributed by atoms with Crippen molar-refractivity contribution in [3.63, 3.8) is 0 Å². The van der Waals surface area contributed by atoms with Crippen LogP contribution in [0.4, 0.5) is 23.7 Å². The van der Waals surface area contributed by atoms with E-state index in [0.717, 1.165) is 49.4 Å². The number of carbonyl (C=O) groups is 1. The Morgan fingerprint density at radius 3 is 2.48 bits per heavy atom. The maximum atomic E-state index is 13.1. The molecule has 3 N–H and O–H groups in total. The first-order chi connectivity index (χ1) is 15.7. The van der Waals surface area contributed by atoms with E-state index < -0.39 is 18.0 Å². The molecule has 1 aliphatic rings. The number of primary amides is 1. The summed E-state index contributed by atoms with van der Waals surface area (Å²) in [5, 5.41) is 2.49. The Morgan fingerprint density at radius 2 is 1.85 bits per heavy atom. The number of hydrogen-bond acceptors (Lipinski definition) is 6. The molecule has 2 aromatic heterocycles. The van der Waals surface area contributed by atoms with Gasteiger partial charge in [0.2, 0.25) is 5.82 Å². The van der Waals surface area contributed by atoms with E-state index in [0.29, 0.717) is 10.6 Å². The number of aromatic nitrogens is 2. The molecular weight excluding hydrogens is 453 g/mol. The van der Waals surface area contributed by atoms with Crippen molar-refractivity contribution < 1.29 is 18.0 Å². The molecule has 33 heavy (non-hydrogen) atoms. The number of carbonyl (C=O) groups excluding carboxylic acids is 1. The number of piperazine rings is 1. The molecule has 11 heteroatoms. The second-order valence-electron chi connectivity index (χ2n) is 7.88. The van der Waals surface area contributed by atoms with Crippen LogP contribution in [-0.4, -0.2) is 59.0 Å². The number of urea groups is 1. The van der Waals surface area contributed by atoms with Crippen molar-refractivity contribution >= 4 is 23.1 Å². The molecule has 0 bridgehead atoms. The molecule has 1 aromatic carbocycles. The van der Waals surface area contributed by atoms with Gasteiger partial charge in [0.05, 0.1) is 16.3 Å². The lowest BCUT2D eigenvalue weighted by Crippen LogP contribution is -2.43. The normalized spacial score (nSPS) is 15.5. The zero-order chi connectivity index (χ0) is 23.6. The predicted molar refractivity (Wildman–Crippen MR) is 122 cm³/mol. The number of halogens is 3. The van der Waals surface area contributed by atoms with E-state index in [2.05, 4.69) is 32.1 Å². The van der Waals surface area contributed by atoms with Crippen molar-refractivity contribution in [1.82, 2.24) is 19.8 Å². The summed E-state index contributed by atoms with van der Waals surface area (Å²) in [7, 11) is 2.12. The Morgan fingerprint density at radius 1 is 1.15 bits per heavy atom. The minimum absolute atomic E-state index is 0.0593. The average molecular weight is 477 g/mol. The molecule has 0 spiro atoms. The molecule has 3 heterocycles. The summed E-state index contributed by atoms with van der Waals surface area (Å²) in [6.45, 7) is 5.00. The smallest absolute Gasteiger partial charge is 0.351 e. The molecule has 4 rings (SSSR count). The number of hydrogen-bond donors (Lipinski definition) is 2. The van der Waals surface area contributed by atoms with E-state index in [1.807, 2.05) is 24.3 Å². The Balaban J connectivity index is 1.60. The van der Waals surface area contributed by atoms with Gasteiger partial charge in [-0.1, -0.05) is 24.3 Å². The summed E-state index contributed by atoms with van der Waals surface area (Å²) in [6, 6.07) is 10.3. The SMILES string of the molecule is CN1CCN(Cc2ccc(-c3cc(NC(N)=O)c(-c4ccnc(C(F)(F)F)n4)s3)cc2)CC1. The van der Waals surface area contributed by atoms with Crippen LogP contribution in [0, 0.1) is 0 Å². The lowest BCUT2D eigenvalue weighted by Gasteiger charge is -2.32. The molecule has 1 saturated heterocycles. The first kappa shape index (κ1) is 23.1. The van der Waals surface area contributed by atoms with Gasteiger partial charge in [-0.05, 0) is 30.3 Å². The molecule has 0 atom stereocenters. The molecule has 3 aromatic rings. The zero-order valence-electron chi connectivity index (χ0n) is 17.9. The fourth-order valence-electron chi connectivity index (χ4n) is 3.61. The summed E-state index contributed by atoms with van der Waals surface area (Å²) < 4.78 is 39.2. The second-order valence-corrected chi connectivity index (χ2v) is 8.93. The Kier molecular flexibility index (Phi) is 6.63. The molecule has 0 saturated carbocycles. The van der Waals surface area contributed by atoms with Crippen molar-refractivity contribution in [2.45, 2.75) is 12.7 Å². The number of likely N-dealkylation sites (N-methyl/N-ethyl adjacent to an activating group) is 1. The minimum atomic E-state index is -4.67. The number of amides is 2. The molecule has 1 aliphatic heterocycles. The highest BCUT2D eigenvalue weighted by molar-refractivity contribution is 7.19. The summed E-state index contributed by atoms with van der Waals surface area (Å²) in [4.78, 5) is 24.3. The summed E-state index contributed by atoms with van der Waals surface area (Å²) in [5.41, 5.74) is 7.69. The molecule has 2 amide bonds. The van der Waals surface area contributed by atoms with Gasteiger partial charge >= 0.3 is 12.2 Å². The van der Waals surface area contributed by atoms with E-state index in [1.165, 1.54) is 23.0 Å². The van der Waals surface area contributed by atoms with Gasteiger partial charge < -0.3 is 16.0 Å². The summed E-state index contributed by atoms with van der Waals surface area (Å²) >= 11 is 1.22. The highest BCUT2D eigenvalue weighted by Crippen LogP contribution is 2.41. The van der Waals surface area contributed by atoms with Gasteiger partial charge in [0.1, 0.15) is 0 Å². The number of benzene rings is 1. The molecular formula is C22H23F3N6OS. The van der Waals surface area contributed by atoms with E-state index in [1.54, 1.807) is 6.07 Å². The van der Waals surface area contributed by atoms with Crippen molar-refractivity contribution in [3.05, 3.63) is 54.0 Å². The third-order valence-electron chi connectivity index (χ3n) is 5.37. The van der Waals surface area contributed by atoms with Crippen molar-refractivity contribution in [2.75, 3.05) is 38.5 Å². The van der Waals surface area contributed by atoms with Crippen LogP contribution in [0.5, 0.6) is 0 Å². The van der Waals surface area contributed by atoms with E-state index in [-0.39, 0.29) is 5.69 Å². The fraction of sp³-hybridized carbons (Fsp3) is 0.318. The van der Waals surface area contributed by atoms with Gasteiger partial charge in [-0.15, -0.1) is 11.3 Å². The quantitative estimate of drug-likeness (QED) is 0.578. The minimum Gasteiger partial charge on any atom is -0.351 e. The standard InChI is InChI=1S/C22H23F3N6OS/c1-30-8-10-31(11-9-30)13-14-2-4-15(5-3-14)18-12-17(29-21(26)32)19(33-18)16-6-7-27-20(28-16)22(23,24)25/h2-7,12H,8-11,13H2,1H3,(H3,26,29,32). The Bertz CT molecular complexity index is 1120. The highest BCUT2D eigenvalue weighted by Gasteiger charge is 2.35. The molecule has 0 unspecified atom stereocenters. The Hall–Kier alpha value is -3.02. The molecule has 7 nitrogen and oxygen atoms in total. The molecule has 0 aliphatic carbocycles. The van der Waals surface area contributed by atoms with Crippen LogP contribution in [0.15, 0.2) is 42.6 Å². The largest absolute Gasteiger partial charge is 0.451 e. The summed E-state index contributed by atoms with van der Waals surface area (Å²) in [5.74, 6) is -1.24. The van der Waals surface area contributed by atoms with Gasteiger partial charge in [0.15, 0.2) is 0 Å². The van der Waals surface area contributed by atoms with E-state index in [4.69, 9.17) is 5.73 Å². The van der Waals surface area contributed by atoms with Crippen LogP contribution in [0.1, 0.15) is 11.4 Å². The number of thiophene rings is 1. The van der Waals surface area contributed by atoms with Gasteiger partial charge in [-0.25, -0.2) is 14.8 Å². The van der Waals surface area contributed by atoms with Crippen LogP contribution in [-0.2, 0) is 12.7 Å². The first-order valence-corrected chi connectivity index (χ1v) is 11.1. The molecule has 174 valence electrons. The number of nitrogens with two attached hydrogens (primary N) is 1. The van der Waals surface area contributed by atoms with Gasteiger partial charge in [0, 0.05) is 43.8 Å². The maximum Gasteiger partial charge on any atom is 0.451 e. The molecule has 1 fully saturated rings. The van der Waals surface area contributed by atoms with Crippen LogP contribution < -0.4 is 11.1 Å². The van der Waals surface area contributed by atoms with Crippen molar-refractivity contribution in [1.29, 1.82) is 0 Å². The van der Waals surface area contributed by atoms with Crippen LogP contribution >= 0.6 is 11.3 Å². The van der Waals surface area contributed by atoms with E-state index in [9.17, 15) is 18.0 Å².